The standard InChI is InChI=1S/C22H26N2O2/c1-6-22-10-9-18(25)13(2)19(22)14-7-8-17-16(15(14)11-22)12-23-24(17)20(26)21(3,4)5/h7-8,12H,6,9-11H2,1-5H3. The van der Waals surface area contributed by atoms with Crippen LogP contribution in [-0.2, 0) is 11.2 Å². The van der Waals surface area contributed by atoms with Gasteiger partial charge in [0.05, 0.1) is 11.7 Å². The quantitative estimate of drug-likeness (QED) is 0.741. The van der Waals surface area contributed by atoms with Gasteiger partial charge in [-0.2, -0.15) is 9.78 Å². The summed E-state index contributed by atoms with van der Waals surface area (Å²) in [6.45, 7) is 9.94. The molecule has 2 aromatic rings. The zero-order valence-corrected chi connectivity index (χ0v) is 16.3. The second-order valence-electron chi connectivity index (χ2n) is 8.87. The van der Waals surface area contributed by atoms with Gasteiger partial charge in [-0.1, -0.05) is 33.8 Å². The minimum atomic E-state index is -0.484. The van der Waals surface area contributed by atoms with Gasteiger partial charge in [0.25, 0.3) is 5.91 Å². The van der Waals surface area contributed by atoms with Crippen LogP contribution in [-0.4, -0.2) is 21.5 Å². The van der Waals surface area contributed by atoms with Crippen LogP contribution in [0.3, 0.4) is 0 Å². The third-order valence-electron chi connectivity index (χ3n) is 6.31. The van der Waals surface area contributed by atoms with Crippen molar-refractivity contribution in [2.75, 3.05) is 0 Å². The van der Waals surface area contributed by atoms with Crippen molar-refractivity contribution in [2.45, 2.75) is 60.3 Å². The van der Waals surface area contributed by atoms with E-state index in [0.29, 0.717) is 6.42 Å². The second kappa shape index (κ2) is 5.38. The molecule has 0 spiro atoms. The average Bonchev–Trinajstić information content (AvgIpc) is 3.16. The monoisotopic (exact) mass is 350 g/mol. The van der Waals surface area contributed by atoms with E-state index in [-0.39, 0.29) is 17.1 Å². The highest BCUT2D eigenvalue weighted by Crippen LogP contribution is 2.56. The number of nitrogens with zero attached hydrogens (tertiary/aromatic N) is 2. The molecule has 0 amide bonds. The molecule has 1 atom stereocenters. The first-order valence-corrected chi connectivity index (χ1v) is 9.49. The normalized spacial score (nSPS) is 22.7. The maximum Gasteiger partial charge on any atom is 0.252 e. The molecule has 0 radical (unpaired) electrons. The third kappa shape index (κ3) is 2.17. The molecular weight excluding hydrogens is 324 g/mol. The number of hydrogen-bond acceptors (Lipinski definition) is 3. The van der Waals surface area contributed by atoms with Crippen LogP contribution in [0.15, 0.2) is 23.9 Å². The average molecular weight is 350 g/mol. The van der Waals surface area contributed by atoms with Crippen molar-refractivity contribution in [3.8, 4) is 0 Å². The van der Waals surface area contributed by atoms with Crippen LogP contribution in [0, 0.1) is 10.8 Å². The second-order valence-corrected chi connectivity index (χ2v) is 8.87. The summed E-state index contributed by atoms with van der Waals surface area (Å²) in [5.74, 6) is 0.272. The maximum absolute atomic E-state index is 12.8. The molecule has 0 saturated heterocycles. The summed E-state index contributed by atoms with van der Waals surface area (Å²) in [6.07, 6.45) is 5.35. The van der Waals surface area contributed by atoms with E-state index in [2.05, 4.69) is 18.1 Å². The summed E-state index contributed by atoms with van der Waals surface area (Å²) in [5.41, 5.74) is 5.05. The van der Waals surface area contributed by atoms with Gasteiger partial charge in [0.1, 0.15) is 0 Å². The molecule has 2 aliphatic carbocycles. The summed E-state index contributed by atoms with van der Waals surface area (Å²) in [4.78, 5) is 25.1. The predicted octanol–water partition coefficient (Wildman–Crippen LogP) is 4.81. The highest BCUT2D eigenvalue weighted by atomic mass is 16.2. The van der Waals surface area contributed by atoms with E-state index in [0.717, 1.165) is 35.7 Å². The Morgan fingerprint density at radius 1 is 1.31 bits per heavy atom. The molecule has 136 valence electrons. The molecule has 0 N–H and O–H groups in total. The number of ketones is 1. The molecule has 1 aromatic carbocycles. The van der Waals surface area contributed by atoms with E-state index in [1.807, 2.05) is 40.0 Å². The number of Topliss-reactive ketones (excluding diaryl/α,β-unsaturated/α-hetero) is 1. The minimum absolute atomic E-state index is 0.00126. The molecular formula is C22H26N2O2. The Morgan fingerprint density at radius 2 is 2.04 bits per heavy atom. The molecule has 26 heavy (non-hydrogen) atoms. The molecule has 4 rings (SSSR count). The Balaban J connectivity index is 1.95. The fourth-order valence-corrected chi connectivity index (χ4v) is 4.75. The molecule has 1 unspecified atom stereocenters. The lowest BCUT2D eigenvalue weighted by molar-refractivity contribution is -0.116. The Morgan fingerprint density at radius 3 is 2.69 bits per heavy atom. The maximum atomic E-state index is 12.8. The Bertz CT molecular complexity index is 987. The summed E-state index contributed by atoms with van der Waals surface area (Å²) in [5, 5.41) is 5.47. The van der Waals surface area contributed by atoms with E-state index in [1.165, 1.54) is 16.7 Å². The van der Waals surface area contributed by atoms with Gasteiger partial charge < -0.3 is 0 Å². The first kappa shape index (κ1) is 17.2. The Hall–Kier alpha value is -2.23. The van der Waals surface area contributed by atoms with Gasteiger partial charge in [0, 0.05) is 22.6 Å². The summed E-state index contributed by atoms with van der Waals surface area (Å²) >= 11 is 0. The number of rotatable bonds is 1. The smallest absolute Gasteiger partial charge is 0.252 e. The van der Waals surface area contributed by atoms with Crippen molar-refractivity contribution in [1.29, 1.82) is 0 Å². The van der Waals surface area contributed by atoms with Gasteiger partial charge in [-0.05, 0) is 54.5 Å². The number of allylic oxidation sites excluding steroid dienone is 2. The van der Waals surface area contributed by atoms with E-state index in [1.54, 1.807) is 4.68 Å². The van der Waals surface area contributed by atoms with Crippen LogP contribution < -0.4 is 0 Å². The Labute approximate surface area is 154 Å². The lowest BCUT2D eigenvalue weighted by Crippen LogP contribution is -2.27. The summed E-state index contributed by atoms with van der Waals surface area (Å²) in [6, 6.07) is 4.09. The number of aromatic nitrogens is 2. The zero-order chi connectivity index (χ0) is 18.9. The van der Waals surface area contributed by atoms with Crippen molar-refractivity contribution >= 4 is 28.2 Å². The molecule has 1 aromatic heterocycles. The molecule has 0 aliphatic heterocycles. The van der Waals surface area contributed by atoms with E-state index in [9.17, 15) is 9.59 Å². The number of hydrogen-bond donors (Lipinski definition) is 0. The minimum Gasteiger partial charge on any atom is -0.295 e. The lowest BCUT2D eigenvalue weighted by atomic mass is 9.68. The molecule has 2 aliphatic rings. The van der Waals surface area contributed by atoms with Crippen molar-refractivity contribution in [2.24, 2.45) is 10.8 Å². The lowest BCUT2D eigenvalue weighted by Gasteiger charge is -2.34. The van der Waals surface area contributed by atoms with Gasteiger partial charge in [0.2, 0.25) is 0 Å². The molecule has 0 fully saturated rings. The first-order chi connectivity index (χ1) is 12.2. The third-order valence-corrected chi connectivity index (χ3v) is 6.31. The van der Waals surface area contributed by atoms with Gasteiger partial charge in [-0.15, -0.1) is 0 Å². The number of fused-ring (bicyclic) bond motifs is 5. The van der Waals surface area contributed by atoms with Crippen LogP contribution >= 0.6 is 0 Å². The van der Waals surface area contributed by atoms with Gasteiger partial charge in [0.15, 0.2) is 5.78 Å². The van der Waals surface area contributed by atoms with Crippen molar-refractivity contribution < 1.29 is 9.59 Å². The fourth-order valence-electron chi connectivity index (χ4n) is 4.75. The summed E-state index contributed by atoms with van der Waals surface area (Å²) < 4.78 is 1.54. The zero-order valence-electron chi connectivity index (χ0n) is 16.3. The summed E-state index contributed by atoms with van der Waals surface area (Å²) in [7, 11) is 0. The van der Waals surface area contributed by atoms with Crippen LogP contribution in [0.1, 0.15) is 69.8 Å². The highest BCUT2D eigenvalue weighted by molar-refractivity contribution is 6.08. The van der Waals surface area contributed by atoms with Crippen LogP contribution in [0.4, 0.5) is 0 Å². The predicted molar refractivity (Wildman–Crippen MR) is 103 cm³/mol. The van der Waals surface area contributed by atoms with E-state index in [4.69, 9.17) is 0 Å². The number of carbonyl (C=O) groups is 2. The molecule has 4 nitrogen and oxygen atoms in total. The Kier molecular flexibility index (Phi) is 3.56. The fraction of sp³-hybridized carbons (Fsp3) is 0.500. The molecule has 1 heterocycles. The molecule has 4 heteroatoms. The van der Waals surface area contributed by atoms with Gasteiger partial charge >= 0.3 is 0 Å². The van der Waals surface area contributed by atoms with Crippen LogP contribution in [0.5, 0.6) is 0 Å². The molecule has 0 bridgehead atoms. The SMILES string of the molecule is CCC12CCC(=O)C(C)=C1c1ccc3c(cnn3C(=O)C(C)(C)C)c1C2. The largest absolute Gasteiger partial charge is 0.295 e. The highest BCUT2D eigenvalue weighted by Gasteiger charge is 2.45. The van der Waals surface area contributed by atoms with Gasteiger partial charge in [-0.25, -0.2) is 0 Å². The number of carbonyl (C=O) groups excluding carboxylic acids is 2. The van der Waals surface area contributed by atoms with Crippen molar-refractivity contribution in [3.05, 3.63) is 35.0 Å². The van der Waals surface area contributed by atoms with Crippen molar-refractivity contribution in [3.63, 3.8) is 0 Å². The van der Waals surface area contributed by atoms with Gasteiger partial charge in [-0.3, -0.25) is 9.59 Å². The van der Waals surface area contributed by atoms with Crippen LogP contribution in [0.25, 0.3) is 16.5 Å². The topological polar surface area (TPSA) is 52.0 Å². The van der Waals surface area contributed by atoms with E-state index >= 15 is 0 Å². The van der Waals surface area contributed by atoms with Crippen LogP contribution in [0.2, 0.25) is 0 Å². The molecule has 0 saturated carbocycles. The van der Waals surface area contributed by atoms with Crippen molar-refractivity contribution in [1.82, 2.24) is 9.78 Å². The first-order valence-electron chi connectivity index (χ1n) is 9.49. The van der Waals surface area contributed by atoms with E-state index < -0.39 is 5.41 Å². The number of benzene rings is 1.